The lowest BCUT2D eigenvalue weighted by Gasteiger charge is -2.19. The summed E-state index contributed by atoms with van der Waals surface area (Å²) in [6, 6.07) is 5.64. The Balaban J connectivity index is 3.08. The van der Waals surface area contributed by atoms with E-state index in [4.69, 9.17) is 0 Å². The average Bonchev–Trinajstić information content (AvgIpc) is 2.17. The summed E-state index contributed by atoms with van der Waals surface area (Å²) in [6.07, 6.45) is 0. The van der Waals surface area contributed by atoms with Gasteiger partial charge in [0.05, 0.1) is 0 Å². The third kappa shape index (κ3) is 2.53. The Labute approximate surface area is 92.1 Å². The molecule has 0 bridgehead atoms. The number of rotatable bonds is 2. The van der Waals surface area contributed by atoms with Crippen molar-refractivity contribution >= 4 is 0 Å². The molecule has 0 saturated heterocycles. The van der Waals surface area contributed by atoms with Gasteiger partial charge in [-0.05, 0) is 31.4 Å². The normalized spacial score (nSPS) is 13.9. The van der Waals surface area contributed by atoms with Crippen molar-refractivity contribution in [1.29, 1.82) is 0 Å². The Morgan fingerprint density at radius 3 is 2.47 bits per heavy atom. The molecular formula is C14H18O. The number of phenols is 1. The summed E-state index contributed by atoms with van der Waals surface area (Å²) < 4.78 is 0. The maximum absolute atomic E-state index is 9.83. The van der Waals surface area contributed by atoms with Crippen LogP contribution in [0.3, 0.4) is 0 Å². The molecule has 1 N–H and O–H groups in total. The van der Waals surface area contributed by atoms with Gasteiger partial charge < -0.3 is 5.11 Å². The fourth-order valence-corrected chi connectivity index (χ4v) is 1.86. The first-order valence-corrected chi connectivity index (χ1v) is 5.28. The molecule has 0 spiro atoms. The van der Waals surface area contributed by atoms with Crippen LogP contribution in [-0.4, -0.2) is 5.11 Å². The number of phenolic OH excluding ortho intramolecular Hbond substituents is 1. The quantitative estimate of drug-likeness (QED) is 0.728. The SMILES string of the molecule is CC#CC(C)C(C)c1c(C)cccc1O. The first-order valence-electron chi connectivity index (χ1n) is 5.28. The fraction of sp³-hybridized carbons (Fsp3) is 0.429. The minimum absolute atomic E-state index is 0.263. The van der Waals surface area contributed by atoms with Crippen LogP contribution in [0.5, 0.6) is 5.75 Å². The second kappa shape index (κ2) is 4.89. The molecule has 0 aliphatic carbocycles. The molecule has 15 heavy (non-hydrogen) atoms. The van der Waals surface area contributed by atoms with Crippen molar-refractivity contribution in [1.82, 2.24) is 0 Å². The molecule has 0 aromatic heterocycles. The molecule has 0 fully saturated rings. The third-order valence-electron chi connectivity index (χ3n) is 2.88. The van der Waals surface area contributed by atoms with Crippen molar-refractivity contribution < 1.29 is 5.11 Å². The van der Waals surface area contributed by atoms with Crippen LogP contribution in [0.4, 0.5) is 0 Å². The van der Waals surface area contributed by atoms with E-state index in [0.717, 1.165) is 11.1 Å². The lowest BCUT2D eigenvalue weighted by molar-refractivity contribution is 0.454. The summed E-state index contributed by atoms with van der Waals surface area (Å²) in [5.41, 5.74) is 2.15. The van der Waals surface area contributed by atoms with Crippen molar-refractivity contribution in [2.24, 2.45) is 5.92 Å². The minimum atomic E-state index is 0.263. The Morgan fingerprint density at radius 1 is 1.27 bits per heavy atom. The number of hydrogen-bond donors (Lipinski definition) is 1. The Morgan fingerprint density at radius 2 is 1.93 bits per heavy atom. The van der Waals surface area contributed by atoms with Crippen LogP contribution in [0.25, 0.3) is 0 Å². The van der Waals surface area contributed by atoms with Gasteiger partial charge in [0, 0.05) is 11.5 Å². The van der Waals surface area contributed by atoms with Gasteiger partial charge >= 0.3 is 0 Å². The summed E-state index contributed by atoms with van der Waals surface area (Å²) in [5.74, 6) is 6.97. The molecule has 1 rings (SSSR count). The van der Waals surface area contributed by atoms with E-state index in [1.54, 1.807) is 6.07 Å². The lowest BCUT2D eigenvalue weighted by atomic mass is 9.86. The lowest BCUT2D eigenvalue weighted by Crippen LogP contribution is -2.06. The van der Waals surface area contributed by atoms with Gasteiger partial charge in [0.2, 0.25) is 0 Å². The molecule has 0 aliphatic heterocycles. The molecule has 0 aliphatic rings. The van der Waals surface area contributed by atoms with Gasteiger partial charge in [-0.2, -0.15) is 0 Å². The van der Waals surface area contributed by atoms with Gasteiger partial charge in [0.1, 0.15) is 5.75 Å². The summed E-state index contributed by atoms with van der Waals surface area (Å²) in [7, 11) is 0. The van der Waals surface area contributed by atoms with Crippen LogP contribution < -0.4 is 0 Å². The van der Waals surface area contributed by atoms with Crippen LogP contribution in [0.15, 0.2) is 18.2 Å². The largest absolute Gasteiger partial charge is 0.508 e. The van der Waals surface area contributed by atoms with Gasteiger partial charge in [-0.1, -0.05) is 31.9 Å². The van der Waals surface area contributed by atoms with E-state index in [1.165, 1.54) is 0 Å². The second-order valence-electron chi connectivity index (χ2n) is 3.98. The molecule has 0 heterocycles. The highest BCUT2D eigenvalue weighted by Gasteiger charge is 2.17. The summed E-state index contributed by atoms with van der Waals surface area (Å²) >= 11 is 0. The van der Waals surface area contributed by atoms with E-state index in [9.17, 15) is 5.11 Å². The molecular weight excluding hydrogens is 184 g/mol. The first kappa shape index (κ1) is 11.7. The maximum atomic E-state index is 9.83. The molecule has 2 unspecified atom stereocenters. The molecule has 2 atom stereocenters. The molecule has 1 heteroatoms. The Bertz CT molecular complexity index is 375. The van der Waals surface area contributed by atoms with Crippen molar-refractivity contribution in [3.8, 4) is 17.6 Å². The monoisotopic (exact) mass is 202 g/mol. The van der Waals surface area contributed by atoms with Crippen molar-refractivity contribution in [2.75, 3.05) is 0 Å². The minimum Gasteiger partial charge on any atom is -0.508 e. The van der Waals surface area contributed by atoms with Gasteiger partial charge in [-0.15, -0.1) is 5.92 Å². The van der Waals surface area contributed by atoms with Crippen molar-refractivity contribution in [3.05, 3.63) is 29.3 Å². The van der Waals surface area contributed by atoms with Crippen LogP contribution >= 0.6 is 0 Å². The van der Waals surface area contributed by atoms with E-state index in [2.05, 4.69) is 25.7 Å². The highest BCUT2D eigenvalue weighted by atomic mass is 16.3. The van der Waals surface area contributed by atoms with Crippen molar-refractivity contribution in [2.45, 2.75) is 33.6 Å². The molecule has 80 valence electrons. The number of aryl methyl sites for hydroxylation is 1. The van der Waals surface area contributed by atoms with Gasteiger partial charge in [0.15, 0.2) is 0 Å². The molecule has 1 nitrogen and oxygen atoms in total. The van der Waals surface area contributed by atoms with Crippen LogP contribution in [0.2, 0.25) is 0 Å². The maximum Gasteiger partial charge on any atom is 0.119 e. The predicted molar refractivity (Wildman–Crippen MR) is 63.9 cm³/mol. The summed E-state index contributed by atoms with van der Waals surface area (Å²) in [4.78, 5) is 0. The second-order valence-corrected chi connectivity index (χ2v) is 3.98. The molecule has 0 amide bonds. The predicted octanol–water partition coefficient (Wildman–Crippen LogP) is 3.46. The first-order chi connectivity index (χ1) is 7.07. The van der Waals surface area contributed by atoms with Gasteiger partial charge in [-0.3, -0.25) is 0 Å². The van der Waals surface area contributed by atoms with Crippen molar-refractivity contribution in [3.63, 3.8) is 0 Å². The topological polar surface area (TPSA) is 20.2 Å². The van der Waals surface area contributed by atoms with Crippen LogP contribution in [0.1, 0.15) is 37.8 Å². The zero-order valence-electron chi connectivity index (χ0n) is 9.83. The van der Waals surface area contributed by atoms with E-state index in [1.807, 2.05) is 26.0 Å². The van der Waals surface area contributed by atoms with Crippen LogP contribution in [-0.2, 0) is 0 Å². The van der Waals surface area contributed by atoms with E-state index in [0.29, 0.717) is 5.75 Å². The Hall–Kier alpha value is -1.42. The van der Waals surface area contributed by atoms with Gasteiger partial charge in [-0.25, -0.2) is 0 Å². The van der Waals surface area contributed by atoms with E-state index in [-0.39, 0.29) is 11.8 Å². The number of hydrogen-bond acceptors (Lipinski definition) is 1. The molecule has 0 saturated carbocycles. The summed E-state index contributed by atoms with van der Waals surface area (Å²) in [5, 5.41) is 9.83. The standard InChI is InChI=1S/C14H18O/c1-5-7-10(2)12(4)14-11(3)8-6-9-13(14)15/h6,8-10,12,15H,1-4H3. The third-order valence-corrected chi connectivity index (χ3v) is 2.88. The van der Waals surface area contributed by atoms with Gasteiger partial charge in [0.25, 0.3) is 0 Å². The number of aromatic hydroxyl groups is 1. The van der Waals surface area contributed by atoms with E-state index >= 15 is 0 Å². The van der Waals surface area contributed by atoms with E-state index < -0.39 is 0 Å². The highest BCUT2D eigenvalue weighted by molar-refractivity contribution is 5.41. The van der Waals surface area contributed by atoms with Crippen LogP contribution in [0, 0.1) is 24.7 Å². The summed E-state index contributed by atoms with van der Waals surface area (Å²) in [6.45, 7) is 8.07. The molecule has 0 radical (unpaired) electrons. The molecule has 1 aromatic rings. The fourth-order valence-electron chi connectivity index (χ4n) is 1.86. The zero-order chi connectivity index (χ0) is 11.4. The highest BCUT2D eigenvalue weighted by Crippen LogP contribution is 2.33. The Kier molecular flexibility index (Phi) is 3.80. The zero-order valence-corrected chi connectivity index (χ0v) is 9.83. The number of benzene rings is 1. The average molecular weight is 202 g/mol. The smallest absolute Gasteiger partial charge is 0.119 e. The molecule has 1 aromatic carbocycles.